The Kier molecular flexibility index (Phi) is 4.66. The minimum atomic E-state index is 0.655. The highest BCUT2D eigenvalue weighted by atomic mass is 15.2. The molecule has 0 aromatic heterocycles. The normalized spacial score (nSPS) is 31.5. The van der Waals surface area contributed by atoms with Crippen molar-refractivity contribution in [2.45, 2.75) is 76.4 Å². The summed E-state index contributed by atoms with van der Waals surface area (Å²) in [5, 5.41) is 3.46. The van der Waals surface area contributed by atoms with E-state index in [0.29, 0.717) is 6.04 Å². The Bertz CT molecular complexity index is 199. The third-order valence-corrected chi connectivity index (χ3v) is 4.67. The maximum Gasteiger partial charge on any atom is 0.0249 e. The average Bonchev–Trinajstić information content (AvgIpc) is 2.39. The molecule has 1 saturated heterocycles. The molecule has 1 saturated carbocycles. The van der Waals surface area contributed by atoms with Crippen molar-refractivity contribution in [3.8, 4) is 0 Å². The molecule has 16 heavy (non-hydrogen) atoms. The molecule has 2 nitrogen and oxygen atoms in total. The molecule has 1 aliphatic heterocycles. The second-order valence-electron chi connectivity index (χ2n) is 5.67. The Morgan fingerprint density at radius 2 is 1.69 bits per heavy atom. The summed E-state index contributed by atoms with van der Waals surface area (Å²) in [5.74, 6) is 0. The minimum absolute atomic E-state index is 0.655. The lowest BCUT2D eigenvalue weighted by atomic mass is 9.88. The molecule has 0 aromatic carbocycles. The Hall–Kier alpha value is -0.0800. The summed E-state index contributed by atoms with van der Waals surface area (Å²) in [5.41, 5.74) is 0. The van der Waals surface area contributed by atoms with E-state index in [0.717, 1.165) is 12.1 Å². The Morgan fingerprint density at radius 1 is 1.00 bits per heavy atom. The molecule has 2 unspecified atom stereocenters. The van der Waals surface area contributed by atoms with E-state index in [1.54, 1.807) is 0 Å². The van der Waals surface area contributed by atoms with Gasteiger partial charge in [0.05, 0.1) is 0 Å². The molecule has 1 heterocycles. The van der Waals surface area contributed by atoms with E-state index in [9.17, 15) is 0 Å². The number of nitrogens with one attached hydrogen (secondary N) is 1. The molecule has 2 aliphatic rings. The quantitative estimate of drug-likeness (QED) is 0.793. The molecule has 0 amide bonds. The Labute approximate surface area is 101 Å². The van der Waals surface area contributed by atoms with Gasteiger partial charge in [-0.2, -0.15) is 0 Å². The number of likely N-dealkylation sites (tertiary alicyclic amines) is 1. The lowest BCUT2D eigenvalue weighted by molar-refractivity contribution is 0.0559. The van der Waals surface area contributed by atoms with Gasteiger partial charge in [0, 0.05) is 18.1 Å². The van der Waals surface area contributed by atoms with Crippen LogP contribution in [-0.2, 0) is 0 Å². The maximum absolute atomic E-state index is 3.46. The zero-order valence-corrected chi connectivity index (χ0v) is 11.0. The van der Waals surface area contributed by atoms with Crippen molar-refractivity contribution >= 4 is 0 Å². The molecule has 0 radical (unpaired) electrons. The van der Waals surface area contributed by atoms with E-state index >= 15 is 0 Å². The third-order valence-electron chi connectivity index (χ3n) is 4.67. The first-order valence-electron chi connectivity index (χ1n) is 7.26. The number of hydrogen-bond acceptors (Lipinski definition) is 2. The van der Waals surface area contributed by atoms with Gasteiger partial charge in [-0.25, -0.2) is 0 Å². The Morgan fingerprint density at radius 3 is 2.38 bits per heavy atom. The van der Waals surface area contributed by atoms with Crippen LogP contribution in [0.1, 0.15) is 58.3 Å². The zero-order chi connectivity index (χ0) is 11.4. The lowest BCUT2D eigenvalue weighted by Gasteiger charge is -2.45. The van der Waals surface area contributed by atoms with E-state index in [4.69, 9.17) is 0 Å². The van der Waals surface area contributed by atoms with Gasteiger partial charge < -0.3 is 5.32 Å². The van der Waals surface area contributed by atoms with Crippen molar-refractivity contribution in [3.63, 3.8) is 0 Å². The van der Waals surface area contributed by atoms with Crippen LogP contribution in [0.3, 0.4) is 0 Å². The number of piperidine rings is 1. The summed E-state index contributed by atoms with van der Waals surface area (Å²) in [6, 6.07) is 2.35. The first-order chi connectivity index (χ1) is 7.83. The molecule has 0 spiro atoms. The first-order valence-corrected chi connectivity index (χ1v) is 7.26. The topological polar surface area (TPSA) is 15.3 Å². The number of nitrogens with zero attached hydrogens (tertiary/aromatic N) is 1. The van der Waals surface area contributed by atoms with Crippen molar-refractivity contribution in [1.82, 2.24) is 10.2 Å². The van der Waals surface area contributed by atoms with Crippen LogP contribution in [0.15, 0.2) is 0 Å². The number of hydrogen-bond donors (Lipinski definition) is 1. The van der Waals surface area contributed by atoms with Crippen LogP contribution in [-0.4, -0.2) is 36.6 Å². The van der Waals surface area contributed by atoms with Gasteiger partial charge in [-0.3, -0.25) is 4.90 Å². The van der Waals surface area contributed by atoms with Crippen molar-refractivity contribution < 1.29 is 0 Å². The number of likely N-dealkylation sites (N-methyl/N-ethyl adjacent to an activating group) is 1. The first kappa shape index (κ1) is 12.4. The molecule has 0 bridgehead atoms. The van der Waals surface area contributed by atoms with E-state index < -0.39 is 0 Å². The maximum atomic E-state index is 3.46. The van der Waals surface area contributed by atoms with E-state index in [1.807, 2.05) is 0 Å². The van der Waals surface area contributed by atoms with Crippen LogP contribution in [0.2, 0.25) is 0 Å². The molecule has 2 fully saturated rings. The van der Waals surface area contributed by atoms with E-state index in [-0.39, 0.29) is 0 Å². The number of rotatable bonds is 3. The predicted octanol–water partition coefficient (Wildman–Crippen LogP) is 2.78. The molecule has 1 aliphatic carbocycles. The van der Waals surface area contributed by atoms with Crippen molar-refractivity contribution in [2.24, 2.45) is 0 Å². The molecule has 1 N–H and O–H groups in total. The van der Waals surface area contributed by atoms with E-state index in [1.165, 1.54) is 57.9 Å². The van der Waals surface area contributed by atoms with Gasteiger partial charge in [-0.15, -0.1) is 0 Å². The van der Waals surface area contributed by atoms with Gasteiger partial charge in [-0.05, 0) is 46.2 Å². The monoisotopic (exact) mass is 224 g/mol. The molecule has 94 valence electrons. The van der Waals surface area contributed by atoms with Crippen LogP contribution in [0, 0.1) is 0 Å². The van der Waals surface area contributed by atoms with Crippen molar-refractivity contribution in [1.29, 1.82) is 0 Å². The van der Waals surface area contributed by atoms with E-state index in [2.05, 4.69) is 24.2 Å². The van der Waals surface area contributed by atoms with Gasteiger partial charge in [0.1, 0.15) is 0 Å². The fourth-order valence-electron chi connectivity index (χ4n) is 3.58. The molecule has 0 aromatic rings. The van der Waals surface area contributed by atoms with Gasteiger partial charge in [0.2, 0.25) is 0 Å². The highest BCUT2D eigenvalue weighted by Crippen LogP contribution is 2.29. The fraction of sp³-hybridized carbons (Fsp3) is 1.00. The second-order valence-corrected chi connectivity index (χ2v) is 5.67. The second kappa shape index (κ2) is 6.02. The van der Waals surface area contributed by atoms with Crippen LogP contribution >= 0.6 is 0 Å². The minimum Gasteiger partial charge on any atom is -0.316 e. The van der Waals surface area contributed by atoms with Gasteiger partial charge in [0.15, 0.2) is 0 Å². The van der Waals surface area contributed by atoms with Gasteiger partial charge in [-0.1, -0.05) is 25.7 Å². The molecule has 2 rings (SSSR count). The standard InChI is InChI=1S/C14H28N2/c1-12(15-2)14-10-6-7-11-16(14)13-8-4-3-5-9-13/h12-15H,3-11H2,1-2H3. The highest BCUT2D eigenvalue weighted by molar-refractivity contribution is 4.89. The molecular formula is C14H28N2. The SMILES string of the molecule is CNC(C)C1CCCCN1C1CCCCC1. The fourth-order valence-corrected chi connectivity index (χ4v) is 3.58. The van der Waals surface area contributed by atoms with Crippen LogP contribution in [0.4, 0.5) is 0 Å². The largest absolute Gasteiger partial charge is 0.316 e. The van der Waals surface area contributed by atoms with Gasteiger partial charge in [0.25, 0.3) is 0 Å². The molecule has 2 atom stereocenters. The average molecular weight is 224 g/mol. The summed E-state index contributed by atoms with van der Waals surface area (Å²) in [7, 11) is 2.11. The summed E-state index contributed by atoms with van der Waals surface area (Å²) in [6.45, 7) is 3.70. The predicted molar refractivity (Wildman–Crippen MR) is 69.7 cm³/mol. The summed E-state index contributed by atoms with van der Waals surface area (Å²) in [6.07, 6.45) is 11.5. The van der Waals surface area contributed by atoms with Gasteiger partial charge >= 0.3 is 0 Å². The van der Waals surface area contributed by atoms with Crippen molar-refractivity contribution in [3.05, 3.63) is 0 Å². The molecular weight excluding hydrogens is 196 g/mol. The van der Waals surface area contributed by atoms with Crippen LogP contribution in [0.5, 0.6) is 0 Å². The third kappa shape index (κ3) is 2.78. The summed E-state index contributed by atoms with van der Waals surface area (Å²) in [4.78, 5) is 2.84. The Balaban J connectivity index is 1.97. The molecule has 2 heteroatoms. The summed E-state index contributed by atoms with van der Waals surface area (Å²) >= 11 is 0. The lowest BCUT2D eigenvalue weighted by Crippen LogP contribution is -2.54. The zero-order valence-electron chi connectivity index (χ0n) is 11.0. The summed E-state index contributed by atoms with van der Waals surface area (Å²) < 4.78 is 0. The highest BCUT2D eigenvalue weighted by Gasteiger charge is 2.32. The van der Waals surface area contributed by atoms with Crippen LogP contribution < -0.4 is 5.32 Å². The van der Waals surface area contributed by atoms with Crippen LogP contribution in [0.25, 0.3) is 0 Å². The smallest absolute Gasteiger partial charge is 0.0249 e. The van der Waals surface area contributed by atoms with Crippen molar-refractivity contribution in [2.75, 3.05) is 13.6 Å².